The number of rotatable bonds is 5. The van der Waals surface area contributed by atoms with E-state index in [1.54, 1.807) is 4.90 Å². The lowest BCUT2D eigenvalue weighted by Gasteiger charge is -2.35. The predicted octanol–water partition coefficient (Wildman–Crippen LogP) is 2.63. The maximum absolute atomic E-state index is 5.61. The van der Waals surface area contributed by atoms with Gasteiger partial charge in [0.2, 0.25) is 0 Å². The van der Waals surface area contributed by atoms with Crippen molar-refractivity contribution in [2.24, 2.45) is 0 Å². The molecule has 5 heteroatoms. The SMILES string of the molecule is Cc1cc(C)cc(NC(=S)N[C@H](C)[C@@H](c2ccccc2)[NH+]2CCOCC2)c1. The summed E-state index contributed by atoms with van der Waals surface area (Å²) in [5, 5.41) is 7.54. The fourth-order valence-electron chi connectivity index (χ4n) is 3.99. The van der Waals surface area contributed by atoms with E-state index in [-0.39, 0.29) is 6.04 Å². The lowest BCUT2D eigenvalue weighted by Crippen LogP contribution is -3.15. The molecule has 27 heavy (non-hydrogen) atoms. The van der Waals surface area contributed by atoms with Gasteiger partial charge in [-0.1, -0.05) is 36.4 Å². The smallest absolute Gasteiger partial charge is 0.171 e. The zero-order valence-corrected chi connectivity index (χ0v) is 17.2. The van der Waals surface area contributed by atoms with Gasteiger partial charge in [0.25, 0.3) is 0 Å². The Morgan fingerprint density at radius 3 is 2.30 bits per heavy atom. The molecule has 0 saturated carbocycles. The van der Waals surface area contributed by atoms with Gasteiger partial charge in [-0.15, -0.1) is 0 Å². The van der Waals surface area contributed by atoms with Gasteiger partial charge in [-0.3, -0.25) is 0 Å². The number of thiocarbonyl (C=S) groups is 1. The number of aryl methyl sites for hydroxylation is 2. The first-order valence-electron chi connectivity index (χ1n) is 9.66. The number of hydrogen-bond donors (Lipinski definition) is 3. The van der Waals surface area contributed by atoms with Crippen LogP contribution < -0.4 is 15.5 Å². The van der Waals surface area contributed by atoms with Crippen molar-refractivity contribution in [3.05, 3.63) is 65.2 Å². The third-order valence-electron chi connectivity index (χ3n) is 5.07. The number of hydrogen-bond acceptors (Lipinski definition) is 2. The van der Waals surface area contributed by atoms with Crippen molar-refractivity contribution in [3.8, 4) is 0 Å². The second-order valence-corrected chi connectivity index (χ2v) is 7.83. The van der Waals surface area contributed by atoms with Crippen LogP contribution in [0.4, 0.5) is 5.69 Å². The predicted molar refractivity (Wildman–Crippen MR) is 115 cm³/mol. The van der Waals surface area contributed by atoms with Crippen LogP contribution in [0.25, 0.3) is 0 Å². The number of quaternary nitrogens is 1. The molecule has 1 aliphatic heterocycles. The number of morpholine rings is 1. The van der Waals surface area contributed by atoms with Crippen LogP contribution in [0.2, 0.25) is 0 Å². The van der Waals surface area contributed by atoms with E-state index in [4.69, 9.17) is 17.0 Å². The van der Waals surface area contributed by atoms with Crippen LogP contribution >= 0.6 is 12.2 Å². The van der Waals surface area contributed by atoms with Crippen LogP contribution in [-0.2, 0) is 4.74 Å². The first kappa shape index (κ1) is 19.8. The molecule has 3 N–H and O–H groups in total. The molecule has 1 saturated heterocycles. The van der Waals surface area contributed by atoms with Crippen molar-refractivity contribution in [1.29, 1.82) is 0 Å². The summed E-state index contributed by atoms with van der Waals surface area (Å²) in [5.74, 6) is 0. The fraction of sp³-hybridized carbons (Fsp3) is 0.409. The molecule has 0 radical (unpaired) electrons. The van der Waals surface area contributed by atoms with E-state index in [2.05, 4.69) is 79.9 Å². The zero-order chi connectivity index (χ0) is 19.2. The molecule has 2 aromatic rings. The molecule has 0 aromatic heterocycles. The summed E-state index contributed by atoms with van der Waals surface area (Å²) in [6, 6.07) is 17.7. The molecular weight excluding hydrogens is 354 g/mol. The summed E-state index contributed by atoms with van der Waals surface area (Å²) >= 11 is 5.61. The molecular formula is C22H30N3OS+. The first-order valence-corrected chi connectivity index (χ1v) is 10.1. The molecule has 0 amide bonds. The minimum atomic E-state index is 0.200. The molecule has 0 bridgehead atoms. The highest BCUT2D eigenvalue weighted by Gasteiger charge is 2.31. The van der Waals surface area contributed by atoms with E-state index in [1.807, 2.05) is 0 Å². The van der Waals surface area contributed by atoms with Crippen LogP contribution in [0, 0.1) is 13.8 Å². The summed E-state index contributed by atoms with van der Waals surface area (Å²) < 4.78 is 5.57. The summed E-state index contributed by atoms with van der Waals surface area (Å²) in [6.45, 7) is 10.1. The third kappa shape index (κ3) is 5.51. The minimum absolute atomic E-state index is 0.200. The maximum atomic E-state index is 5.61. The number of ether oxygens (including phenoxy) is 1. The topological polar surface area (TPSA) is 37.7 Å². The van der Waals surface area contributed by atoms with Crippen molar-refractivity contribution in [2.45, 2.75) is 32.9 Å². The second-order valence-electron chi connectivity index (χ2n) is 7.42. The largest absolute Gasteiger partial charge is 0.370 e. The molecule has 1 heterocycles. The lowest BCUT2D eigenvalue weighted by molar-refractivity contribution is -0.940. The summed E-state index contributed by atoms with van der Waals surface area (Å²) in [7, 11) is 0. The Morgan fingerprint density at radius 1 is 1.04 bits per heavy atom. The highest BCUT2D eigenvalue weighted by atomic mass is 32.1. The third-order valence-corrected chi connectivity index (χ3v) is 5.29. The van der Waals surface area contributed by atoms with Gasteiger partial charge < -0.3 is 20.3 Å². The summed E-state index contributed by atoms with van der Waals surface area (Å²) in [6.07, 6.45) is 0. The van der Waals surface area contributed by atoms with Crippen molar-refractivity contribution in [2.75, 3.05) is 31.6 Å². The molecule has 1 aliphatic rings. The molecule has 0 unspecified atom stereocenters. The molecule has 0 spiro atoms. The molecule has 1 fully saturated rings. The fourth-order valence-corrected chi connectivity index (χ4v) is 4.29. The first-order chi connectivity index (χ1) is 13.0. The van der Waals surface area contributed by atoms with Crippen LogP contribution in [0.5, 0.6) is 0 Å². The van der Waals surface area contributed by atoms with Gasteiger partial charge in [0.05, 0.1) is 19.3 Å². The van der Waals surface area contributed by atoms with Gasteiger partial charge >= 0.3 is 0 Å². The Bertz CT molecular complexity index is 739. The molecule has 2 aromatic carbocycles. The Balaban J connectivity index is 1.71. The van der Waals surface area contributed by atoms with Crippen molar-refractivity contribution in [3.63, 3.8) is 0 Å². The average molecular weight is 385 g/mol. The Labute approximate surface area is 167 Å². The number of benzene rings is 2. The van der Waals surface area contributed by atoms with Crippen molar-refractivity contribution < 1.29 is 9.64 Å². The van der Waals surface area contributed by atoms with Gasteiger partial charge in [0.15, 0.2) is 5.11 Å². The lowest BCUT2D eigenvalue weighted by atomic mass is 9.98. The van der Waals surface area contributed by atoms with Gasteiger partial charge in [0.1, 0.15) is 19.1 Å². The summed E-state index contributed by atoms with van der Waals surface area (Å²) in [4.78, 5) is 1.54. The maximum Gasteiger partial charge on any atom is 0.171 e. The van der Waals surface area contributed by atoms with E-state index in [1.165, 1.54) is 16.7 Å². The van der Waals surface area contributed by atoms with Gasteiger partial charge in [-0.2, -0.15) is 0 Å². The molecule has 2 atom stereocenters. The van der Waals surface area contributed by atoms with Crippen LogP contribution in [0.15, 0.2) is 48.5 Å². The second kappa shape index (κ2) is 9.31. The molecule has 144 valence electrons. The van der Waals surface area contributed by atoms with Crippen LogP contribution in [0.1, 0.15) is 29.7 Å². The van der Waals surface area contributed by atoms with Gasteiger partial charge in [-0.25, -0.2) is 0 Å². The minimum Gasteiger partial charge on any atom is -0.370 e. The molecule has 0 aliphatic carbocycles. The highest BCUT2D eigenvalue weighted by Crippen LogP contribution is 2.16. The van der Waals surface area contributed by atoms with E-state index in [0.29, 0.717) is 11.2 Å². The molecule has 4 nitrogen and oxygen atoms in total. The highest BCUT2D eigenvalue weighted by molar-refractivity contribution is 7.80. The van der Waals surface area contributed by atoms with E-state index in [0.717, 1.165) is 32.0 Å². The van der Waals surface area contributed by atoms with Crippen molar-refractivity contribution in [1.82, 2.24) is 5.32 Å². The van der Waals surface area contributed by atoms with Gasteiger partial charge in [0, 0.05) is 11.3 Å². The number of nitrogens with one attached hydrogen (secondary N) is 3. The zero-order valence-electron chi connectivity index (χ0n) is 16.4. The van der Waals surface area contributed by atoms with Gasteiger partial charge in [-0.05, 0) is 56.2 Å². The van der Waals surface area contributed by atoms with Crippen molar-refractivity contribution >= 4 is 23.0 Å². The Kier molecular flexibility index (Phi) is 6.83. The molecule has 3 rings (SSSR count). The number of anilines is 1. The normalized spacial score (nSPS) is 17.1. The monoisotopic (exact) mass is 384 g/mol. The van der Waals surface area contributed by atoms with E-state index in [9.17, 15) is 0 Å². The quantitative estimate of drug-likeness (QED) is 0.693. The average Bonchev–Trinajstić information content (AvgIpc) is 2.62. The van der Waals surface area contributed by atoms with Crippen LogP contribution in [-0.4, -0.2) is 37.5 Å². The Hall–Kier alpha value is -1.95. The van der Waals surface area contributed by atoms with Crippen LogP contribution in [0.3, 0.4) is 0 Å². The van der Waals surface area contributed by atoms with E-state index >= 15 is 0 Å². The standard InChI is InChI=1S/C22H29N3OS/c1-16-13-17(2)15-20(14-16)24-22(27)23-18(3)21(19-7-5-4-6-8-19)25-9-11-26-12-10-25/h4-8,13-15,18,21H,9-12H2,1-3H3,(H2,23,24,27)/p+1/t18-,21+/m1/s1. The Morgan fingerprint density at radius 2 is 1.67 bits per heavy atom. The van der Waals surface area contributed by atoms with E-state index < -0.39 is 0 Å². The summed E-state index contributed by atoms with van der Waals surface area (Å²) in [5.41, 5.74) is 4.83.